The van der Waals surface area contributed by atoms with Crippen LogP contribution in [0.2, 0.25) is 0 Å². The number of anilines is 1. The third-order valence-electron chi connectivity index (χ3n) is 4.11. The monoisotopic (exact) mass is 420 g/mol. The number of aryl methyl sites for hydroxylation is 1. The first-order valence-electron chi connectivity index (χ1n) is 9.16. The quantitative estimate of drug-likeness (QED) is 0.289. The molecule has 0 saturated heterocycles. The molecule has 0 saturated carbocycles. The Bertz CT molecular complexity index is 1070. The van der Waals surface area contributed by atoms with Crippen molar-refractivity contribution in [2.45, 2.75) is 27.3 Å². The van der Waals surface area contributed by atoms with E-state index in [0.29, 0.717) is 0 Å². The molecular formula is C20H21FN2O7. The van der Waals surface area contributed by atoms with Crippen LogP contribution in [0.25, 0.3) is 10.9 Å². The summed E-state index contributed by atoms with van der Waals surface area (Å²) >= 11 is 0. The average molecular weight is 420 g/mol. The van der Waals surface area contributed by atoms with Crippen molar-refractivity contribution in [2.24, 2.45) is 0 Å². The Labute approximate surface area is 170 Å². The van der Waals surface area contributed by atoms with Crippen molar-refractivity contribution in [1.82, 2.24) is 4.57 Å². The summed E-state index contributed by atoms with van der Waals surface area (Å²) in [5.41, 5.74) is -2.03. The van der Waals surface area contributed by atoms with Crippen molar-refractivity contribution in [3.05, 3.63) is 51.7 Å². The summed E-state index contributed by atoms with van der Waals surface area (Å²) in [6.07, 6.45) is 2.05. The van der Waals surface area contributed by atoms with Gasteiger partial charge in [-0.05, 0) is 32.9 Å². The minimum Gasteiger partial charge on any atom is -0.477 e. The minimum atomic E-state index is -1.46. The number of ether oxygens (including phenoxy) is 2. The van der Waals surface area contributed by atoms with Gasteiger partial charge >= 0.3 is 17.9 Å². The van der Waals surface area contributed by atoms with Crippen LogP contribution in [0.5, 0.6) is 0 Å². The van der Waals surface area contributed by atoms with E-state index >= 15 is 0 Å². The van der Waals surface area contributed by atoms with Crippen molar-refractivity contribution in [3.8, 4) is 0 Å². The van der Waals surface area contributed by atoms with Crippen LogP contribution in [-0.4, -0.2) is 40.8 Å². The number of carbonyl (C=O) groups is 3. The molecule has 2 N–H and O–H groups in total. The van der Waals surface area contributed by atoms with E-state index in [0.717, 1.165) is 18.5 Å². The van der Waals surface area contributed by atoms with Gasteiger partial charge in [0.25, 0.3) is 0 Å². The lowest BCUT2D eigenvalue weighted by molar-refractivity contribution is -0.146. The first-order chi connectivity index (χ1) is 14.3. The highest BCUT2D eigenvalue weighted by Gasteiger charge is 2.22. The number of nitrogens with one attached hydrogen (secondary N) is 1. The minimum absolute atomic E-state index is 0.00722. The molecule has 0 amide bonds. The van der Waals surface area contributed by atoms with E-state index in [-0.39, 0.29) is 36.3 Å². The zero-order chi connectivity index (χ0) is 22.4. The van der Waals surface area contributed by atoms with Crippen LogP contribution in [0.3, 0.4) is 0 Å². The maximum atomic E-state index is 14.5. The van der Waals surface area contributed by atoms with Gasteiger partial charge in [0, 0.05) is 18.9 Å². The SMILES string of the molecule is CCOC(=O)C(=CNc1ccc(F)c2c1c(=O)c(C(=O)O)cn2CC)C(=O)OCC. The van der Waals surface area contributed by atoms with Crippen molar-refractivity contribution < 1.29 is 33.4 Å². The predicted molar refractivity (Wildman–Crippen MR) is 106 cm³/mol. The number of rotatable bonds is 8. The largest absolute Gasteiger partial charge is 0.477 e. The van der Waals surface area contributed by atoms with Crippen LogP contribution in [0.4, 0.5) is 10.1 Å². The molecule has 1 heterocycles. The summed E-state index contributed by atoms with van der Waals surface area (Å²) in [7, 11) is 0. The number of hydrogen-bond acceptors (Lipinski definition) is 7. The van der Waals surface area contributed by atoms with Crippen LogP contribution in [0.15, 0.2) is 34.9 Å². The van der Waals surface area contributed by atoms with Crippen molar-refractivity contribution >= 4 is 34.5 Å². The number of aromatic carboxylic acids is 1. The van der Waals surface area contributed by atoms with E-state index in [9.17, 15) is 28.7 Å². The number of fused-ring (bicyclic) bond motifs is 1. The van der Waals surface area contributed by atoms with Gasteiger partial charge < -0.3 is 24.5 Å². The van der Waals surface area contributed by atoms with Crippen LogP contribution >= 0.6 is 0 Å². The van der Waals surface area contributed by atoms with Crippen LogP contribution in [0, 0.1) is 5.82 Å². The van der Waals surface area contributed by atoms with Gasteiger partial charge in [-0.25, -0.2) is 18.8 Å². The topological polar surface area (TPSA) is 124 Å². The lowest BCUT2D eigenvalue weighted by Crippen LogP contribution is -2.21. The normalized spacial score (nSPS) is 10.4. The van der Waals surface area contributed by atoms with Crippen LogP contribution in [-0.2, 0) is 25.6 Å². The molecule has 0 bridgehead atoms. The molecule has 1 aromatic carbocycles. The molecule has 0 radical (unpaired) electrons. The summed E-state index contributed by atoms with van der Waals surface area (Å²) in [5.74, 6) is -4.10. The van der Waals surface area contributed by atoms with Gasteiger partial charge in [-0.3, -0.25) is 4.79 Å². The molecule has 0 aliphatic carbocycles. The molecule has 2 aromatic rings. The molecule has 1 aromatic heterocycles. The Kier molecular flexibility index (Phi) is 7.29. The number of benzene rings is 1. The third kappa shape index (κ3) is 4.48. The number of carboxylic acids is 1. The van der Waals surface area contributed by atoms with Gasteiger partial charge in [0.1, 0.15) is 11.4 Å². The number of pyridine rings is 1. The molecule has 160 valence electrons. The smallest absolute Gasteiger partial charge is 0.347 e. The maximum Gasteiger partial charge on any atom is 0.347 e. The van der Waals surface area contributed by atoms with E-state index in [1.165, 1.54) is 10.6 Å². The summed E-state index contributed by atoms with van der Waals surface area (Å²) < 4.78 is 25.4. The van der Waals surface area contributed by atoms with Crippen LogP contribution in [0.1, 0.15) is 31.1 Å². The Balaban J connectivity index is 2.70. The molecule has 9 nitrogen and oxygen atoms in total. The van der Waals surface area contributed by atoms with E-state index < -0.39 is 40.3 Å². The van der Waals surface area contributed by atoms with Gasteiger partial charge in [-0.1, -0.05) is 0 Å². The van der Waals surface area contributed by atoms with E-state index in [4.69, 9.17) is 9.47 Å². The second kappa shape index (κ2) is 9.68. The second-order valence-electron chi connectivity index (χ2n) is 5.92. The first kappa shape index (κ1) is 22.6. The summed E-state index contributed by atoms with van der Waals surface area (Å²) in [4.78, 5) is 48.3. The lowest BCUT2D eigenvalue weighted by atomic mass is 10.1. The highest BCUT2D eigenvalue weighted by atomic mass is 19.1. The van der Waals surface area contributed by atoms with Gasteiger partial charge in [-0.15, -0.1) is 0 Å². The van der Waals surface area contributed by atoms with Crippen molar-refractivity contribution in [2.75, 3.05) is 18.5 Å². The van der Waals surface area contributed by atoms with Gasteiger partial charge in [0.05, 0.1) is 29.8 Å². The number of carboxylic acid groups (broad SMARTS) is 1. The number of nitrogens with zero attached hydrogens (tertiary/aromatic N) is 1. The fourth-order valence-corrected chi connectivity index (χ4v) is 2.78. The van der Waals surface area contributed by atoms with Crippen LogP contribution < -0.4 is 10.7 Å². The fourth-order valence-electron chi connectivity index (χ4n) is 2.78. The first-order valence-corrected chi connectivity index (χ1v) is 9.16. The number of aromatic nitrogens is 1. The molecule has 0 aliphatic rings. The molecule has 10 heteroatoms. The molecule has 0 aliphatic heterocycles. The predicted octanol–water partition coefficient (Wildman–Crippen LogP) is 2.28. The summed E-state index contributed by atoms with van der Waals surface area (Å²) in [6, 6.07) is 2.29. The number of hydrogen-bond donors (Lipinski definition) is 2. The third-order valence-corrected chi connectivity index (χ3v) is 4.11. The standard InChI is InChI=1S/C20H21FN2O7/c1-4-23-10-12(18(25)26)17(24)15-14(8-7-13(21)16(15)23)22-9-11(19(27)29-5-2)20(28)30-6-3/h7-10,22H,4-6H2,1-3H3,(H,25,26). The molecule has 30 heavy (non-hydrogen) atoms. The molecule has 0 atom stereocenters. The molecule has 2 rings (SSSR count). The van der Waals surface area contributed by atoms with Crippen molar-refractivity contribution in [1.29, 1.82) is 0 Å². The number of esters is 2. The van der Waals surface area contributed by atoms with E-state index in [1.54, 1.807) is 20.8 Å². The van der Waals surface area contributed by atoms with Gasteiger partial charge in [0.15, 0.2) is 5.57 Å². The Morgan fingerprint density at radius 1 is 1.13 bits per heavy atom. The van der Waals surface area contributed by atoms with Crippen molar-refractivity contribution in [3.63, 3.8) is 0 Å². The molecular weight excluding hydrogens is 399 g/mol. The number of carbonyl (C=O) groups excluding carboxylic acids is 2. The highest BCUT2D eigenvalue weighted by Crippen LogP contribution is 2.25. The molecule has 0 fully saturated rings. The van der Waals surface area contributed by atoms with E-state index in [2.05, 4.69) is 5.32 Å². The highest BCUT2D eigenvalue weighted by molar-refractivity contribution is 6.14. The van der Waals surface area contributed by atoms with Gasteiger partial charge in [0.2, 0.25) is 5.43 Å². The molecule has 0 unspecified atom stereocenters. The fraction of sp³-hybridized carbons (Fsp3) is 0.300. The Morgan fingerprint density at radius 3 is 2.23 bits per heavy atom. The summed E-state index contributed by atoms with van der Waals surface area (Å²) in [6.45, 7) is 5.00. The second-order valence-corrected chi connectivity index (χ2v) is 5.92. The Morgan fingerprint density at radius 2 is 1.73 bits per heavy atom. The number of halogens is 1. The lowest BCUT2D eigenvalue weighted by Gasteiger charge is -2.14. The molecule has 0 spiro atoms. The average Bonchev–Trinajstić information content (AvgIpc) is 2.70. The maximum absolute atomic E-state index is 14.5. The zero-order valence-electron chi connectivity index (χ0n) is 16.7. The van der Waals surface area contributed by atoms with Gasteiger partial charge in [-0.2, -0.15) is 0 Å². The van der Waals surface area contributed by atoms with E-state index in [1.807, 2.05) is 0 Å². The summed E-state index contributed by atoms with van der Waals surface area (Å²) in [5, 5.41) is 11.7. The Hall–Kier alpha value is -3.69. The zero-order valence-corrected chi connectivity index (χ0v) is 16.7.